The summed E-state index contributed by atoms with van der Waals surface area (Å²) in [4.78, 5) is 8.36. The van der Waals surface area contributed by atoms with Gasteiger partial charge in [0.25, 0.3) is 6.47 Å². The Hall–Kier alpha value is 1.69. The van der Waals surface area contributed by atoms with E-state index in [9.17, 15) is 0 Å². The number of hydrogen-bond acceptors (Lipinski definition) is 1. The molecule has 0 bridgehead atoms. The Labute approximate surface area is 92.1 Å². The van der Waals surface area contributed by atoms with E-state index in [-0.39, 0.29) is 4.90 Å². The van der Waals surface area contributed by atoms with Crippen molar-refractivity contribution in [2.75, 3.05) is 0 Å². The number of carboxylic acid groups (broad SMARTS) is 1. The third kappa shape index (κ3) is 121. The molecule has 0 heterocycles. The van der Waals surface area contributed by atoms with Crippen LogP contribution in [0.25, 0.3) is 0 Å². The molecular formula is C3H5Cl2KO2. The van der Waals surface area contributed by atoms with Crippen molar-refractivity contribution in [1.82, 2.24) is 0 Å². The maximum atomic E-state index is 8.36. The molecule has 0 aromatic heterocycles. The molecule has 8 heavy (non-hydrogen) atoms. The van der Waals surface area contributed by atoms with Gasteiger partial charge < -0.3 is 5.11 Å². The first-order valence-corrected chi connectivity index (χ1v) is 4.19. The summed E-state index contributed by atoms with van der Waals surface area (Å²) in [6, 6.07) is 0. The molecule has 1 N–H and O–H groups in total. The SMILES string of the molecule is C[C](Cl)(Cl)[K].O=CO. The molecule has 0 aliphatic carbocycles. The van der Waals surface area contributed by atoms with E-state index in [1.165, 1.54) is 0 Å². The average Bonchev–Trinajstić information content (AvgIpc) is 1.27. The standard InChI is InChI=1S/C2H3Cl2.CH2O2.K/c1-2(3)4;2-1-3;/h1H3;1H,(H,2,3);. The van der Waals surface area contributed by atoms with Gasteiger partial charge in [0.15, 0.2) is 0 Å². The van der Waals surface area contributed by atoms with Gasteiger partial charge >= 0.3 is 77.5 Å². The molecule has 5 heteroatoms. The maximum absolute atomic E-state index is 8.36. The fourth-order valence-electron chi connectivity index (χ4n) is 0. The Bertz CT molecular complexity index is 54.8. The zero-order valence-corrected chi connectivity index (χ0v) is 9.32. The maximum Gasteiger partial charge on any atom is 0.290 e. The second-order valence-electron chi connectivity index (χ2n) is 1.43. The van der Waals surface area contributed by atoms with E-state index in [0.717, 1.165) is 0 Å². The van der Waals surface area contributed by atoms with Gasteiger partial charge in [0.1, 0.15) is 0 Å². The number of rotatable bonds is 0. The summed E-state index contributed by atoms with van der Waals surface area (Å²) >= 11 is 11.3. The minimum atomic E-state index is -0.368. The van der Waals surface area contributed by atoms with Crippen LogP contribution in [-0.2, 0) is 4.79 Å². The van der Waals surface area contributed by atoms with Gasteiger partial charge in [-0.25, -0.2) is 0 Å². The molecule has 44 valence electrons. The zero-order valence-electron chi connectivity index (χ0n) is 4.69. The smallest absolute Gasteiger partial charge is 0.290 e. The molecule has 0 unspecified atom stereocenters. The first kappa shape index (κ1) is 12.4. The van der Waals surface area contributed by atoms with Crippen molar-refractivity contribution in [1.29, 1.82) is 0 Å². The van der Waals surface area contributed by atoms with Gasteiger partial charge in [0.05, 0.1) is 0 Å². The van der Waals surface area contributed by atoms with E-state index in [1.807, 2.05) is 0 Å². The molecule has 0 rings (SSSR count). The van der Waals surface area contributed by atoms with Crippen LogP contribution in [0.3, 0.4) is 0 Å². The largest absolute Gasteiger partial charge is 0.483 e. The quantitative estimate of drug-likeness (QED) is 0.345. The van der Waals surface area contributed by atoms with Gasteiger partial charge in [-0.05, 0) is 0 Å². The molecule has 0 aliphatic heterocycles. The molecule has 0 atom stereocenters. The van der Waals surface area contributed by atoms with E-state index in [0.29, 0.717) is 49.0 Å². The molecule has 0 radical (unpaired) electrons. The van der Waals surface area contributed by atoms with Crippen LogP contribution in [0.5, 0.6) is 0 Å². The topological polar surface area (TPSA) is 37.3 Å². The van der Waals surface area contributed by atoms with Gasteiger partial charge in [-0.15, -0.1) is 0 Å². The van der Waals surface area contributed by atoms with Crippen LogP contribution in [0.4, 0.5) is 0 Å². The van der Waals surface area contributed by atoms with E-state index in [2.05, 4.69) is 0 Å². The second-order valence-corrected chi connectivity index (χ2v) is 8.62. The van der Waals surface area contributed by atoms with Crippen LogP contribution in [0.1, 0.15) is 6.92 Å². The van der Waals surface area contributed by atoms with Crippen LogP contribution in [0, 0.1) is 0 Å². The number of halogens is 2. The Morgan fingerprint density at radius 1 is 1.75 bits per heavy atom. The van der Waals surface area contributed by atoms with Crippen molar-refractivity contribution < 1.29 is 9.90 Å². The molecule has 0 saturated carbocycles. The van der Waals surface area contributed by atoms with Crippen LogP contribution < -0.4 is 0 Å². The summed E-state index contributed by atoms with van der Waals surface area (Å²) in [6.45, 7) is 1.55. The van der Waals surface area contributed by atoms with Crippen molar-refractivity contribution in [2.24, 2.45) is 0 Å². The number of carbonyl (C=O) groups is 1. The van der Waals surface area contributed by atoms with Crippen LogP contribution in [0.2, 0.25) is 0 Å². The van der Waals surface area contributed by atoms with E-state index in [1.54, 1.807) is 6.92 Å². The van der Waals surface area contributed by atoms with Gasteiger partial charge in [0.2, 0.25) is 0 Å². The average molecular weight is 183 g/mol. The van der Waals surface area contributed by atoms with Crippen molar-refractivity contribution in [3.05, 3.63) is 0 Å². The number of alkyl halides is 2. The van der Waals surface area contributed by atoms with E-state index >= 15 is 0 Å². The Morgan fingerprint density at radius 2 is 1.75 bits per heavy atom. The third-order valence-electron chi connectivity index (χ3n) is 0. The molecule has 0 saturated heterocycles. The molecule has 0 aromatic carbocycles. The summed E-state index contributed by atoms with van der Waals surface area (Å²) < 4.78 is -0.368. The molecule has 0 spiro atoms. The minimum Gasteiger partial charge on any atom is -0.483 e. The van der Waals surface area contributed by atoms with Crippen molar-refractivity contribution >= 4 is 78.6 Å². The summed E-state index contributed by atoms with van der Waals surface area (Å²) in [5.41, 5.74) is 0. The summed E-state index contributed by atoms with van der Waals surface area (Å²) in [5.74, 6) is 0. The Morgan fingerprint density at radius 3 is 1.75 bits per heavy atom. The fraction of sp³-hybridized carbons (Fsp3) is 0.667. The van der Waals surface area contributed by atoms with Crippen molar-refractivity contribution in [3.8, 4) is 0 Å². The van der Waals surface area contributed by atoms with Crippen LogP contribution in [-0.4, -0.2) is 59.0 Å². The molecule has 0 aromatic rings. The van der Waals surface area contributed by atoms with E-state index in [4.69, 9.17) is 33.1 Å². The Kier molecular flexibility index (Phi) is 10.5. The predicted molar refractivity (Wildman–Crippen MR) is 34.6 cm³/mol. The van der Waals surface area contributed by atoms with Crippen molar-refractivity contribution in [3.63, 3.8) is 0 Å². The van der Waals surface area contributed by atoms with Gasteiger partial charge in [-0.3, -0.25) is 4.79 Å². The number of hydrogen-bond donors (Lipinski definition) is 1. The van der Waals surface area contributed by atoms with Crippen molar-refractivity contribution in [2.45, 2.75) is 5.35 Å². The summed E-state index contributed by atoms with van der Waals surface area (Å²) in [7, 11) is 0. The molecule has 0 fully saturated rings. The molecular weight excluding hydrogens is 178 g/mol. The first-order chi connectivity index (χ1) is 3.41. The van der Waals surface area contributed by atoms with Gasteiger partial charge in [0, 0.05) is 0 Å². The minimum absolute atomic E-state index is 0.250. The zero-order chi connectivity index (χ0) is 7.21. The molecule has 2 nitrogen and oxygen atoms in total. The second kappa shape index (κ2) is 6.80. The normalized spacial score (nSPS) is 9.12. The third-order valence-corrected chi connectivity index (χ3v) is 0. The summed E-state index contributed by atoms with van der Waals surface area (Å²) in [6.07, 6.45) is 0. The fourth-order valence-corrected chi connectivity index (χ4v) is 0. The van der Waals surface area contributed by atoms with Gasteiger partial charge in [-0.1, -0.05) is 0 Å². The van der Waals surface area contributed by atoms with Gasteiger partial charge in [-0.2, -0.15) is 0 Å². The molecule has 0 amide bonds. The monoisotopic (exact) mass is 182 g/mol. The molecule has 0 aliphatic rings. The predicted octanol–water partition coefficient (Wildman–Crippen LogP) is 1.01. The summed E-state index contributed by atoms with van der Waals surface area (Å²) in [5, 5.41) is 6.89. The Balaban J connectivity index is 0. The first-order valence-electron chi connectivity index (χ1n) is 1.87. The van der Waals surface area contributed by atoms with Crippen LogP contribution in [0.15, 0.2) is 0 Å². The van der Waals surface area contributed by atoms with Crippen LogP contribution >= 0.6 is 23.2 Å². The van der Waals surface area contributed by atoms with E-state index < -0.39 is 0 Å².